The van der Waals surface area contributed by atoms with Crippen molar-refractivity contribution in [2.24, 2.45) is 0 Å². The van der Waals surface area contributed by atoms with Gasteiger partial charge in [-0.25, -0.2) is 0 Å². The molecule has 1 aromatic carbocycles. The monoisotopic (exact) mass is 384 g/mol. The second-order valence-electron chi connectivity index (χ2n) is 7.67. The molecule has 1 aliphatic heterocycles. The van der Waals surface area contributed by atoms with Crippen molar-refractivity contribution in [3.05, 3.63) is 47.4 Å². The molecule has 0 spiro atoms. The smallest absolute Gasteiger partial charge is 0.271 e. The Balaban J connectivity index is 2.05. The van der Waals surface area contributed by atoms with Crippen molar-refractivity contribution in [3.8, 4) is 5.75 Å². The number of carbonyl (C=O) groups is 3. The van der Waals surface area contributed by atoms with Crippen molar-refractivity contribution >= 4 is 23.3 Å². The number of carbonyl (C=O) groups excluding carboxylic acids is 3. The Bertz CT molecular complexity index is 929. The summed E-state index contributed by atoms with van der Waals surface area (Å²) in [5, 5.41) is 2.78. The zero-order valence-corrected chi connectivity index (χ0v) is 16.7. The van der Waals surface area contributed by atoms with E-state index in [-0.39, 0.29) is 35.9 Å². The Kier molecular flexibility index (Phi) is 5.02. The van der Waals surface area contributed by atoms with Crippen molar-refractivity contribution in [1.82, 2.24) is 5.32 Å². The number of nitrogens with zero attached hydrogens (tertiary/aromatic N) is 1. The summed E-state index contributed by atoms with van der Waals surface area (Å²) in [6.07, 6.45) is 1.43. The lowest BCUT2D eigenvalue weighted by Crippen LogP contribution is -2.55. The molecule has 0 atom stereocenters. The van der Waals surface area contributed by atoms with Crippen LogP contribution in [0.5, 0.6) is 5.75 Å². The first kappa shape index (κ1) is 19.7. The summed E-state index contributed by atoms with van der Waals surface area (Å²) in [4.78, 5) is 39.4. The molecule has 1 aromatic heterocycles. The third-order valence-electron chi connectivity index (χ3n) is 4.46. The van der Waals surface area contributed by atoms with Gasteiger partial charge in [-0.3, -0.25) is 19.3 Å². The summed E-state index contributed by atoms with van der Waals surface area (Å²) in [6, 6.07) is 6.47. The molecule has 0 radical (unpaired) electrons. The molecular formula is C21H24N2O5. The first-order chi connectivity index (χ1) is 13.1. The lowest BCUT2D eigenvalue weighted by atomic mass is 9.97. The predicted molar refractivity (Wildman–Crippen MR) is 104 cm³/mol. The average molecular weight is 384 g/mol. The van der Waals surface area contributed by atoms with Gasteiger partial charge in [0, 0.05) is 11.6 Å². The minimum Gasteiger partial charge on any atom is -0.476 e. The quantitative estimate of drug-likeness (QED) is 0.801. The number of amides is 2. The fourth-order valence-corrected chi connectivity index (χ4v) is 3.17. The Morgan fingerprint density at radius 3 is 2.57 bits per heavy atom. The highest BCUT2D eigenvalue weighted by Gasteiger charge is 2.42. The fraction of sp³-hybridized carbons (Fsp3) is 0.381. The third-order valence-corrected chi connectivity index (χ3v) is 4.46. The van der Waals surface area contributed by atoms with Crippen molar-refractivity contribution in [1.29, 1.82) is 0 Å². The fourth-order valence-electron chi connectivity index (χ4n) is 3.17. The highest BCUT2D eigenvalue weighted by Crippen LogP contribution is 2.40. The standard InChI is InChI=1S/C21H24N2O5/c1-12(2)22-18(24)11-23-15-10-14(19(25)16-7-6-8-27-16)13(3)9-17(15)28-21(4,5)20(23)26/h6-10,12H,11H2,1-5H3,(H,22,24). The lowest BCUT2D eigenvalue weighted by molar-refractivity contribution is -0.134. The van der Waals surface area contributed by atoms with Gasteiger partial charge in [-0.15, -0.1) is 0 Å². The van der Waals surface area contributed by atoms with Gasteiger partial charge >= 0.3 is 0 Å². The Labute approximate surface area is 163 Å². The molecule has 2 heterocycles. The lowest BCUT2D eigenvalue weighted by Gasteiger charge is -2.39. The minimum absolute atomic E-state index is 0.0507. The van der Waals surface area contributed by atoms with Gasteiger partial charge in [0.1, 0.15) is 12.3 Å². The normalized spacial score (nSPS) is 15.2. The summed E-state index contributed by atoms with van der Waals surface area (Å²) < 4.78 is 11.1. The van der Waals surface area contributed by atoms with Gasteiger partial charge in [0.25, 0.3) is 5.91 Å². The zero-order valence-electron chi connectivity index (χ0n) is 16.7. The largest absolute Gasteiger partial charge is 0.476 e. The van der Waals surface area contributed by atoms with E-state index in [2.05, 4.69) is 5.32 Å². The molecule has 0 fully saturated rings. The minimum atomic E-state index is -1.12. The molecule has 28 heavy (non-hydrogen) atoms. The summed E-state index contributed by atoms with van der Waals surface area (Å²) in [5.74, 6) is -0.272. The summed E-state index contributed by atoms with van der Waals surface area (Å²) in [6.45, 7) is 8.64. The number of rotatable bonds is 5. The highest BCUT2D eigenvalue weighted by atomic mass is 16.5. The van der Waals surface area contributed by atoms with Crippen LogP contribution in [0.25, 0.3) is 0 Å². The van der Waals surface area contributed by atoms with Gasteiger partial charge in [-0.05, 0) is 64.4 Å². The number of furan rings is 1. The van der Waals surface area contributed by atoms with Crippen LogP contribution >= 0.6 is 0 Å². The van der Waals surface area contributed by atoms with Crippen LogP contribution < -0.4 is 15.0 Å². The van der Waals surface area contributed by atoms with E-state index in [1.54, 1.807) is 45.0 Å². The number of hydrogen-bond donors (Lipinski definition) is 1. The molecule has 7 heteroatoms. The number of hydrogen-bond acceptors (Lipinski definition) is 5. The molecule has 2 aromatic rings. The first-order valence-corrected chi connectivity index (χ1v) is 9.13. The van der Waals surface area contributed by atoms with E-state index in [4.69, 9.17) is 9.15 Å². The van der Waals surface area contributed by atoms with Gasteiger partial charge in [-0.2, -0.15) is 0 Å². The van der Waals surface area contributed by atoms with Gasteiger partial charge in [0.2, 0.25) is 11.7 Å². The van der Waals surface area contributed by atoms with E-state index >= 15 is 0 Å². The van der Waals surface area contributed by atoms with Crippen LogP contribution in [-0.4, -0.2) is 35.8 Å². The van der Waals surface area contributed by atoms with Crippen LogP contribution in [0.4, 0.5) is 5.69 Å². The predicted octanol–water partition coefficient (Wildman–Crippen LogP) is 2.85. The number of nitrogens with one attached hydrogen (secondary N) is 1. The van der Waals surface area contributed by atoms with Crippen LogP contribution in [0.2, 0.25) is 0 Å². The number of anilines is 1. The Morgan fingerprint density at radius 2 is 1.96 bits per heavy atom. The number of ketones is 1. The van der Waals surface area contributed by atoms with Crippen molar-refractivity contribution in [2.45, 2.75) is 46.3 Å². The maximum absolute atomic E-state index is 12.9. The molecule has 1 N–H and O–H groups in total. The van der Waals surface area contributed by atoms with Crippen LogP contribution in [-0.2, 0) is 9.59 Å². The number of aryl methyl sites for hydroxylation is 1. The van der Waals surface area contributed by atoms with Gasteiger partial charge < -0.3 is 14.5 Å². The van der Waals surface area contributed by atoms with Crippen LogP contribution in [0.1, 0.15) is 49.4 Å². The van der Waals surface area contributed by atoms with Crippen molar-refractivity contribution in [2.75, 3.05) is 11.4 Å². The first-order valence-electron chi connectivity index (χ1n) is 9.13. The Hall–Kier alpha value is -3.09. The topological polar surface area (TPSA) is 88.9 Å². The third kappa shape index (κ3) is 3.65. The second-order valence-corrected chi connectivity index (χ2v) is 7.67. The molecule has 0 aliphatic carbocycles. The molecule has 148 valence electrons. The molecule has 0 bridgehead atoms. The summed E-state index contributed by atoms with van der Waals surface area (Å²) in [5.41, 5.74) is 0.351. The van der Waals surface area contributed by atoms with Gasteiger partial charge in [0.05, 0.1) is 12.0 Å². The van der Waals surface area contributed by atoms with E-state index in [9.17, 15) is 14.4 Å². The van der Waals surface area contributed by atoms with E-state index in [1.807, 2.05) is 13.8 Å². The van der Waals surface area contributed by atoms with Crippen molar-refractivity contribution in [3.63, 3.8) is 0 Å². The highest BCUT2D eigenvalue weighted by molar-refractivity contribution is 6.11. The SMILES string of the molecule is Cc1cc2c(cc1C(=O)c1ccco1)N(CC(=O)NC(C)C)C(=O)C(C)(C)O2. The molecule has 2 amide bonds. The molecule has 0 saturated carbocycles. The second kappa shape index (κ2) is 7.14. The van der Waals surface area contributed by atoms with Gasteiger partial charge in [0.15, 0.2) is 11.4 Å². The number of fused-ring (bicyclic) bond motifs is 1. The molecular weight excluding hydrogens is 360 g/mol. The van der Waals surface area contributed by atoms with Crippen LogP contribution in [0.15, 0.2) is 34.9 Å². The zero-order chi connectivity index (χ0) is 20.6. The number of benzene rings is 1. The van der Waals surface area contributed by atoms with E-state index in [0.29, 0.717) is 22.6 Å². The molecule has 1 aliphatic rings. The van der Waals surface area contributed by atoms with E-state index < -0.39 is 5.60 Å². The molecule has 7 nitrogen and oxygen atoms in total. The average Bonchev–Trinajstić information content (AvgIpc) is 3.11. The van der Waals surface area contributed by atoms with Crippen molar-refractivity contribution < 1.29 is 23.5 Å². The molecule has 0 unspecified atom stereocenters. The summed E-state index contributed by atoms with van der Waals surface area (Å²) in [7, 11) is 0. The maximum Gasteiger partial charge on any atom is 0.271 e. The van der Waals surface area contributed by atoms with Gasteiger partial charge in [-0.1, -0.05) is 0 Å². The maximum atomic E-state index is 12.9. The molecule has 0 saturated heterocycles. The molecule has 3 rings (SSSR count). The Morgan fingerprint density at radius 1 is 1.25 bits per heavy atom. The summed E-state index contributed by atoms with van der Waals surface area (Å²) >= 11 is 0. The number of ether oxygens (including phenoxy) is 1. The van der Waals surface area contributed by atoms with Crippen LogP contribution in [0.3, 0.4) is 0 Å². The van der Waals surface area contributed by atoms with E-state index in [1.165, 1.54) is 11.2 Å². The van der Waals surface area contributed by atoms with Crippen LogP contribution in [0, 0.1) is 6.92 Å². The van der Waals surface area contributed by atoms with E-state index in [0.717, 1.165) is 0 Å².